The summed E-state index contributed by atoms with van der Waals surface area (Å²) >= 11 is 0. The minimum absolute atomic E-state index is 0.0689. The highest BCUT2D eigenvalue weighted by Crippen LogP contribution is 2.34. The molecule has 0 saturated carbocycles. The first kappa shape index (κ1) is 22.4. The van der Waals surface area contributed by atoms with E-state index in [1.807, 2.05) is 0 Å². The highest BCUT2D eigenvalue weighted by molar-refractivity contribution is 7.91. The van der Waals surface area contributed by atoms with Gasteiger partial charge in [-0.05, 0) is 61.0 Å². The standard InChI is InChI=1S/C22H17F3O5S/c1-13(22(26)29-2)30-20-8-7-16(24)12-18(20)14-6-9-21(19(25)10-14)31(27,28)17-5-3-4-15(23)11-17/h3-13H,1-2H3/t13-/m0/s1. The van der Waals surface area contributed by atoms with Gasteiger partial charge in [0.2, 0.25) is 9.84 Å². The number of halogens is 3. The third kappa shape index (κ3) is 4.72. The van der Waals surface area contributed by atoms with E-state index in [9.17, 15) is 26.4 Å². The van der Waals surface area contributed by atoms with Gasteiger partial charge in [0.25, 0.3) is 0 Å². The Labute approximate surface area is 177 Å². The number of carbonyl (C=O) groups excluding carboxylic acids is 1. The minimum atomic E-state index is -4.32. The van der Waals surface area contributed by atoms with Crippen LogP contribution >= 0.6 is 0 Å². The maximum atomic E-state index is 14.8. The number of hydrogen-bond acceptors (Lipinski definition) is 5. The summed E-state index contributed by atoms with van der Waals surface area (Å²) in [5.41, 5.74) is 0.214. The second-order valence-corrected chi connectivity index (χ2v) is 8.45. The summed E-state index contributed by atoms with van der Waals surface area (Å²) in [4.78, 5) is 10.6. The Kier molecular flexibility index (Phi) is 6.35. The zero-order valence-electron chi connectivity index (χ0n) is 16.4. The highest BCUT2D eigenvalue weighted by atomic mass is 32.2. The van der Waals surface area contributed by atoms with E-state index in [0.717, 1.165) is 42.5 Å². The maximum Gasteiger partial charge on any atom is 0.346 e. The lowest BCUT2D eigenvalue weighted by atomic mass is 10.0. The van der Waals surface area contributed by atoms with Crippen molar-refractivity contribution in [2.45, 2.75) is 22.8 Å². The summed E-state index contributed by atoms with van der Waals surface area (Å²) < 4.78 is 77.6. The number of methoxy groups -OCH3 is 1. The van der Waals surface area contributed by atoms with Crippen molar-refractivity contribution in [2.75, 3.05) is 7.11 Å². The number of carbonyl (C=O) groups is 1. The molecule has 1 atom stereocenters. The molecule has 0 aliphatic carbocycles. The van der Waals surface area contributed by atoms with Crippen molar-refractivity contribution in [3.63, 3.8) is 0 Å². The predicted molar refractivity (Wildman–Crippen MR) is 106 cm³/mol. The van der Waals surface area contributed by atoms with Gasteiger partial charge < -0.3 is 9.47 Å². The molecule has 3 aromatic carbocycles. The first-order chi connectivity index (χ1) is 14.6. The van der Waals surface area contributed by atoms with Crippen molar-refractivity contribution in [3.05, 3.63) is 78.1 Å². The molecule has 9 heteroatoms. The number of hydrogen-bond donors (Lipinski definition) is 0. The molecular formula is C22H17F3O5S. The first-order valence-corrected chi connectivity index (χ1v) is 10.5. The fourth-order valence-corrected chi connectivity index (χ4v) is 4.22. The molecule has 0 unspecified atom stereocenters. The third-order valence-corrected chi connectivity index (χ3v) is 6.20. The van der Waals surface area contributed by atoms with Crippen LogP contribution in [-0.2, 0) is 19.4 Å². The number of benzene rings is 3. The Morgan fingerprint density at radius 2 is 1.65 bits per heavy atom. The van der Waals surface area contributed by atoms with E-state index in [-0.39, 0.29) is 16.9 Å². The molecule has 31 heavy (non-hydrogen) atoms. The molecule has 3 aromatic rings. The molecule has 0 amide bonds. The second kappa shape index (κ2) is 8.81. The van der Waals surface area contributed by atoms with Crippen LogP contribution in [0.3, 0.4) is 0 Å². The summed E-state index contributed by atoms with van der Waals surface area (Å²) in [5.74, 6) is -3.14. The molecular weight excluding hydrogens is 433 g/mol. The van der Waals surface area contributed by atoms with Gasteiger partial charge in [0, 0.05) is 5.56 Å². The SMILES string of the molecule is COC(=O)[C@H](C)Oc1ccc(F)cc1-c1ccc(S(=O)(=O)c2cccc(F)c2)c(F)c1. The molecule has 0 aliphatic rings. The largest absolute Gasteiger partial charge is 0.478 e. The molecule has 0 saturated heterocycles. The molecule has 0 heterocycles. The van der Waals surface area contributed by atoms with Crippen molar-refractivity contribution in [2.24, 2.45) is 0 Å². The predicted octanol–water partition coefficient (Wildman–Crippen LogP) is 4.54. The maximum absolute atomic E-state index is 14.8. The van der Waals surface area contributed by atoms with Crippen LogP contribution in [0.4, 0.5) is 13.2 Å². The average molecular weight is 450 g/mol. The van der Waals surface area contributed by atoms with Gasteiger partial charge in [0.05, 0.1) is 12.0 Å². The van der Waals surface area contributed by atoms with E-state index < -0.39 is 49.2 Å². The van der Waals surface area contributed by atoms with Crippen LogP contribution in [0.2, 0.25) is 0 Å². The number of ether oxygens (including phenoxy) is 2. The van der Waals surface area contributed by atoms with Crippen molar-refractivity contribution < 1.29 is 35.9 Å². The molecule has 0 aliphatic heterocycles. The molecule has 0 radical (unpaired) electrons. The van der Waals surface area contributed by atoms with Gasteiger partial charge in [-0.15, -0.1) is 0 Å². The fourth-order valence-electron chi connectivity index (χ4n) is 2.88. The summed E-state index contributed by atoms with van der Waals surface area (Å²) in [7, 11) is -3.14. The molecule has 162 valence electrons. The van der Waals surface area contributed by atoms with Crippen LogP contribution in [0.25, 0.3) is 11.1 Å². The van der Waals surface area contributed by atoms with Crippen molar-refractivity contribution in [1.29, 1.82) is 0 Å². The van der Waals surface area contributed by atoms with Crippen LogP contribution in [0.15, 0.2) is 70.5 Å². The van der Waals surface area contributed by atoms with Gasteiger partial charge in [0.1, 0.15) is 28.1 Å². The monoisotopic (exact) mass is 450 g/mol. The van der Waals surface area contributed by atoms with Gasteiger partial charge in [-0.2, -0.15) is 0 Å². The van der Waals surface area contributed by atoms with E-state index in [0.29, 0.717) is 0 Å². The van der Waals surface area contributed by atoms with Crippen LogP contribution < -0.4 is 4.74 Å². The molecule has 3 rings (SSSR count). The molecule has 0 N–H and O–H groups in total. The number of rotatable bonds is 6. The van der Waals surface area contributed by atoms with Gasteiger partial charge in [-0.1, -0.05) is 12.1 Å². The van der Waals surface area contributed by atoms with E-state index in [1.54, 1.807) is 0 Å². The topological polar surface area (TPSA) is 69.7 Å². The Morgan fingerprint density at radius 3 is 2.29 bits per heavy atom. The average Bonchev–Trinajstić information content (AvgIpc) is 2.74. The molecule has 0 aromatic heterocycles. The zero-order chi connectivity index (χ0) is 22.8. The van der Waals surface area contributed by atoms with Gasteiger partial charge in [0.15, 0.2) is 6.10 Å². The second-order valence-electron chi connectivity index (χ2n) is 6.53. The van der Waals surface area contributed by atoms with Crippen LogP contribution in [0.5, 0.6) is 5.75 Å². The van der Waals surface area contributed by atoms with Crippen molar-refractivity contribution in [3.8, 4) is 16.9 Å². The van der Waals surface area contributed by atoms with Gasteiger partial charge >= 0.3 is 5.97 Å². The zero-order valence-corrected chi connectivity index (χ0v) is 17.3. The Bertz CT molecular complexity index is 1240. The fraction of sp³-hybridized carbons (Fsp3) is 0.136. The van der Waals surface area contributed by atoms with Crippen LogP contribution in [0.1, 0.15) is 6.92 Å². The first-order valence-electron chi connectivity index (χ1n) is 8.98. The molecule has 0 spiro atoms. The lowest BCUT2D eigenvalue weighted by molar-refractivity contribution is -0.147. The lowest BCUT2D eigenvalue weighted by Gasteiger charge is -2.16. The summed E-state index contributed by atoms with van der Waals surface area (Å²) in [6.07, 6.45) is -1.02. The quantitative estimate of drug-likeness (QED) is 0.516. The molecule has 0 fully saturated rings. The smallest absolute Gasteiger partial charge is 0.346 e. The Morgan fingerprint density at radius 1 is 0.935 bits per heavy atom. The van der Waals surface area contributed by atoms with E-state index >= 15 is 0 Å². The Balaban J connectivity index is 2.04. The van der Waals surface area contributed by atoms with E-state index in [4.69, 9.17) is 4.74 Å². The molecule has 5 nitrogen and oxygen atoms in total. The number of esters is 1. The van der Waals surface area contributed by atoms with E-state index in [2.05, 4.69) is 4.74 Å². The van der Waals surface area contributed by atoms with Crippen molar-refractivity contribution >= 4 is 15.8 Å². The van der Waals surface area contributed by atoms with Crippen LogP contribution in [0, 0.1) is 17.5 Å². The molecule has 0 bridgehead atoms. The highest BCUT2D eigenvalue weighted by Gasteiger charge is 2.24. The van der Waals surface area contributed by atoms with Gasteiger partial charge in [-0.25, -0.2) is 26.4 Å². The van der Waals surface area contributed by atoms with Crippen molar-refractivity contribution in [1.82, 2.24) is 0 Å². The minimum Gasteiger partial charge on any atom is -0.478 e. The third-order valence-electron chi connectivity index (χ3n) is 4.42. The summed E-state index contributed by atoms with van der Waals surface area (Å²) in [6, 6.07) is 10.8. The van der Waals surface area contributed by atoms with E-state index in [1.165, 1.54) is 32.2 Å². The Hall–Kier alpha value is -3.33. The lowest BCUT2D eigenvalue weighted by Crippen LogP contribution is -2.25. The van der Waals surface area contributed by atoms with Gasteiger partial charge in [-0.3, -0.25) is 0 Å². The summed E-state index contributed by atoms with van der Waals surface area (Å²) in [5, 5.41) is 0. The normalized spacial score (nSPS) is 12.3. The summed E-state index contributed by atoms with van der Waals surface area (Å²) in [6.45, 7) is 1.42. The van der Waals surface area contributed by atoms with Crippen LogP contribution in [-0.4, -0.2) is 27.6 Å². The number of sulfone groups is 1.